The minimum absolute atomic E-state index is 0.194. The van der Waals surface area contributed by atoms with Gasteiger partial charge in [0.15, 0.2) is 12.1 Å². The SMILES string of the molecule is C=C(/C=C\C1=C(C)CCN1C)NC1N=C(n2cc(CN3CC(O)C3)c(C)n2)C=CN1. The molecule has 1 aromatic heterocycles. The number of allylic oxidation sites excluding steroid dienone is 3. The molecule has 0 amide bonds. The summed E-state index contributed by atoms with van der Waals surface area (Å²) < 4.78 is 1.81. The maximum absolute atomic E-state index is 9.48. The van der Waals surface area contributed by atoms with Gasteiger partial charge in [-0.15, -0.1) is 0 Å². The number of rotatable bonds is 6. The first-order chi connectivity index (χ1) is 14.4. The molecule has 30 heavy (non-hydrogen) atoms. The standard InChI is InChI=1S/C22H31N7O/c1-15-8-10-27(4)20(15)6-5-16(2)24-22-23-9-7-21(25-22)29-12-18(17(3)26-29)11-28-13-19(30)14-28/h5-7,9,12,19,22-24,30H,2,8,10-11,13-14H2,1,3-4H3/b6-5-. The van der Waals surface area contributed by atoms with Crippen LogP contribution in [0.3, 0.4) is 0 Å². The molecular formula is C22H31N7O. The molecule has 8 heteroatoms. The van der Waals surface area contributed by atoms with E-state index in [1.807, 2.05) is 36.2 Å². The van der Waals surface area contributed by atoms with Crippen LogP contribution in [-0.2, 0) is 6.54 Å². The number of aromatic nitrogens is 2. The van der Waals surface area contributed by atoms with Crippen LogP contribution in [-0.4, -0.2) is 69.6 Å². The van der Waals surface area contributed by atoms with Crippen LogP contribution in [0.5, 0.6) is 0 Å². The molecular weight excluding hydrogens is 378 g/mol. The zero-order valence-corrected chi connectivity index (χ0v) is 18.0. The molecule has 4 heterocycles. The van der Waals surface area contributed by atoms with Crippen molar-refractivity contribution in [2.75, 3.05) is 26.7 Å². The van der Waals surface area contributed by atoms with Gasteiger partial charge in [0.1, 0.15) is 0 Å². The van der Waals surface area contributed by atoms with Gasteiger partial charge in [0.2, 0.25) is 0 Å². The summed E-state index contributed by atoms with van der Waals surface area (Å²) in [5, 5.41) is 20.6. The number of aliphatic hydroxyl groups is 1. The Morgan fingerprint density at radius 1 is 1.40 bits per heavy atom. The fourth-order valence-electron chi connectivity index (χ4n) is 3.90. The van der Waals surface area contributed by atoms with Crippen LogP contribution in [0.1, 0.15) is 24.6 Å². The average molecular weight is 410 g/mol. The summed E-state index contributed by atoms with van der Waals surface area (Å²) in [4.78, 5) is 9.19. The van der Waals surface area contributed by atoms with E-state index in [-0.39, 0.29) is 12.4 Å². The second kappa shape index (κ2) is 8.49. The van der Waals surface area contributed by atoms with Crippen molar-refractivity contribution in [2.24, 2.45) is 4.99 Å². The van der Waals surface area contributed by atoms with Crippen molar-refractivity contribution in [3.63, 3.8) is 0 Å². The first-order valence-electron chi connectivity index (χ1n) is 10.4. The van der Waals surface area contributed by atoms with Gasteiger partial charge in [-0.05, 0) is 44.1 Å². The van der Waals surface area contributed by atoms with Gasteiger partial charge < -0.3 is 20.6 Å². The molecule has 3 N–H and O–H groups in total. The fourth-order valence-corrected chi connectivity index (χ4v) is 3.90. The van der Waals surface area contributed by atoms with Crippen LogP contribution in [0.4, 0.5) is 0 Å². The molecule has 0 aliphatic carbocycles. The van der Waals surface area contributed by atoms with Crippen molar-refractivity contribution in [3.05, 3.63) is 65.4 Å². The number of likely N-dealkylation sites (tertiary alicyclic amines) is 1. The Bertz CT molecular complexity index is 933. The maximum atomic E-state index is 9.48. The molecule has 160 valence electrons. The Morgan fingerprint density at radius 3 is 2.90 bits per heavy atom. The van der Waals surface area contributed by atoms with Crippen molar-refractivity contribution in [1.82, 2.24) is 30.2 Å². The van der Waals surface area contributed by atoms with Crippen LogP contribution in [0.2, 0.25) is 0 Å². The van der Waals surface area contributed by atoms with E-state index in [4.69, 9.17) is 4.99 Å². The fraction of sp³-hybridized carbons (Fsp3) is 0.455. The number of nitrogens with zero attached hydrogens (tertiary/aromatic N) is 5. The first-order valence-corrected chi connectivity index (χ1v) is 10.4. The number of aryl methyl sites for hydroxylation is 1. The van der Waals surface area contributed by atoms with Crippen LogP contribution in [0.25, 0.3) is 0 Å². The largest absolute Gasteiger partial charge is 0.390 e. The molecule has 0 aromatic carbocycles. The highest BCUT2D eigenvalue weighted by molar-refractivity contribution is 5.94. The molecule has 8 nitrogen and oxygen atoms in total. The molecule has 0 spiro atoms. The van der Waals surface area contributed by atoms with Gasteiger partial charge in [0, 0.05) is 62.6 Å². The molecule has 1 aromatic rings. The van der Waals surface area contributed by atoms with Crippen LogP contribution in [0, 0.1) is 6.92 Å². The topological polar surface area (TPSA) is 81.0 Å². The number of aliphatic imine (C=N–C) groups is 1. The lowest BCUT2D eigenvalue weighted by molar-refractivity contribution is -0.00297. The van der Waals surface area contributed by atoms with Crippen molar-refractivity contribution in [2.45, 2.75) is 39.2 Å². The molecule has 0 bridgehead atoms. The van der Waals surface area contributed by atoms with Gasteiger partial charge in [-0.1, -0.05) is 6.58 Å². The van der Waals surface area contributed by atoms with E-state index < -0.39 is 0 Å². The monoisotopic (exact) mass is 409 g/mol. The van der Waals surface area contributed by atoms with E-state index in [1.165, 1.54) is 11.3 Å². The normalized spacial score (nSPS) is 22.5. The Hall–Kier alpha value is -2.84. The van der Waals surface area contributed by atoms with Crippen molar-refractivity contribution in [1.29, 1.82) is 0 Å². The second-order valence-electron chi connectivity index (χ2n) is 8.26. The van der Waals surface area contributed by atoms with E-state index in [0.29, 0.717) is 0 Å². The van der Waals surface area contributed by atoms with Gasteiger partial charge in [-0.2, -0.15) is 5.10 Å². The van der Waals surface area contributed by atoms with E-state index in [2.05, 4.69) is 52.2 Å². The highest BCUT2D eigenvalue weighted by Crippen LogP contribution is 2.21. The Morgan fingerprint density at radius 2 is 2.20 bits per heavy atom. The third-order valence-corrected chi connectivity index (χ3v) is 5.75. The van der Waals surface area contributed by atoms with Gasteiger partial charge in [0.25, 0.3) is 0 Å². The lowest BCUT2D eigenvalue weighted by atomic mass is 10.1. The summed E-state index contributed by atoms with van der Waals surface area (Å²) >= 11 is 0. The molecule has 3 aliphatic heterocycles. The third kappa shape index (κ3) is 4.49. The van der Waals surface area contributed by atoms with Crippen LogP contribution < -0.4 is 10.6 Å². The number of aliphatic hydroxyl groups excluding tert-OH is 1. The van der Waals surface area contributed by atoms with Crippen molar-refractivity contribution >= 4 is 5.84 Å². The van der Waals surface area contributed by atoms with E-state index in [1.54, 1.807) is 0 Å². The average Bonchev–Trinajstić information content (AvgIpc) is 3.21. The van der Waals surface area contributed by atoms with Crippen molar-refractivity contribution in [3.8, 4) is 0 Å². The number of nitrogens with one attached hydrogen (secondary N) is 2. The molecule has 1 unspecified atom stereocenters. The van der Waals surface area contributed by atoms with Crippen LogP contribution in [0.15, 0.2) is 59.2 Å². The lowest BCUT2D eigenvalue weighted by Gasteiger charge is -2.35. The van der Waals surface area contributed by atoms with Gasteiger partial charge in [-0.25, -0.2) is 9.67 Å². The summed E-state index contributed by atoms with van der Waals surface area (Å²) in [6, 6.07) is 0. The quantitative estimate of drug-likeness (QED) is 0.615. The van der Waals surface area contributed by atoms with Gasteiger partial charge in [0.05, 0.1) is 11.8 Å². The summed E-state index contributed by atoms with van der Waals surface area (Å²) in [5.74, 6) is 0.759. The van der Waals surface area contributed by atoms with E-state index >= 15 is 0 Å². The molecule has 1 atom stereocenters. The highest BCUT2D eigenvalue weighted by Gasteiger charge is 2.25. The molecule has 3 aliphatic rings. The number of likely N-dealkylation sites (N-methyl/N-ethyl adjacent to an activating group) is 1. The molecule has 4 rings (SSSR count). The Kier molecular flexibility index (Phi) is 5.78. The van der Waals surface area contributed by atoms with Crippen LogP contribution >= 0.6 is 0 Å². The summed E-state index contributed by atoms with van der Waals surface area (Å²) in [7, 11) is 2.11. The van der Waals surface area contributed by atoms with E-state index in [0.717, 1.165) is 55.4 Å². The Balaban J connectivity index is 1.39. The molecule has 1 saturated heterocycles. The second-order valence-corrected chi connectivity index (χ2v) is 8.26. The molecule has 0 saturated carbocycles. The summed E-state index contributed by atoms with van der Waals surface area (Å²) in [6.45, 7) is 11.6. The lowest BCUT2D eigenvalue weighted by Crippen LogP contribution is -2.49. The van der Waals surface area contributed by atoms with E-state index in [9.17, 15) is 5.11 Å². The van der Waals surface area contributed by atoms with Crippen molar-refractivity contribution < 1.29 is 5.11 Å². The third-order valence-electron chi connectivity index (χ3n) is 5.75. The molecule has 0 radical (unpaired) electrons. The summed E-state index contributed by atoms with van der Waals surface area (Å²) in [6.07, 6.45) is 10.5. The zero-order valence-electron chi connectivity index (χ0n) is 18.0. The zero-order chi connectivity index (χ0) is 21.3. The maximum Gasteiger partial charge on any atom is 0.196 e. The number of β-amino-alcohol motifs (C(OH)–C–C–N with tert-alkyl or cyclic N) is 1. The minimum Gasteiger partial charge on any atom is -0.390 e. The highest BCUT2D eigenvalue weighted by atomic mass is 16.3. The minimum atomic E-state index is -0.308. The predicted molar refractivity (Wildman–Crippen MR) is 119 cm³/mol. The smallest absolute Gasteiger partial charge is 0.196 e. The van der Waals surface area contributed by atoms with Gasteiger partial charge in [-0.3, -0.25) is 4.90 Å². The summed E-state index contributed by atoms with van der Waals surface area (Å²) in [5.41, 5.74) is 5.58. The first kappa shape index (κ1) is 20.4. The number of hydrogen-bond acceptors (Lipinski definition) is 7. The molecule has 1 fully saturated rings. The number of hydrogen-bond donors (Lipinski definition) is 3. The Labute approximate surface area is 178 Å². The van der Waals surface area contributed by atoms with Gasteiger partial charge >= 0.3 is 0 Å². The predicted octanol–water partition coefficient (Wildman–Crippen LogP) is 1.28.